The van der Waals surface area contributed by atoms with Crippen LogP contribution < -0.4 is 0 Å². The van der Waals surface area contributed by atoms with E-state index in [1.165, 1.54) is 103 Å². The van der Waals surface area contributed by atoms with E-state index < -0.39 is 6.10 Å². The molecule has 0 aliphatic rings. The summed E-state index contributed by atoms with van der Waals surface area (Å²) in [5.41, 5.74) is 0. The van der Waals surface area contributed by atoms with E-state index in [0.717, 1.165) is 128 Å². The molecule has 0 aliphatic carbocycles. The minimum Gasteiger partial charge on any atom is -0.462 e. The summed E-state index contributed by atoms with van der Waals surface area (Å²) in [6.07, 6.45) is 76.9. The number of hydrogen-bond donors (Lipinski definition) is 0. The van der Waals surface area contributed by atoms with Crippen LogP contribution in [0.2, 0.25) is 0 Å². The lowest BCUT2D eigenvalue weighted by molar-refractivity contribution is -0.167. The maximum atomic E-state index is 12.9. The van der Waals surface area contributed by atoms with E-state index in [1.807, 2.05) is 0 Å². The molecular formula is C64H108O6. The number of rotatable bonds is 52. The van der Waals surface area contributed by atoms with Crippen molar-refractivity contribution in [3.8, 4) is 0 Å². The number of hydrogen-bond acceptors (Lipinski definition) is 6. The minimum absolute atomic E-state index is 0.0912. The van der Waals surface area contributed by atoms with E-state index in [-0.39, 0.29) is 31.1 Å². The third-order valence-corrected chi connectivity index (χ3v) is 12.3. The van der Waals surface area contributed by atoms with Gasteiger partial charge in [-0.05, 0) is 116 Å². The third-order valence-electron chi connectivity index (χ3n) is 12.3. The summed E-state index contributed by atoms with van der Waals surface area (Å²) in [6.45, 7) is 6.44. The van der Waals surface area contributed by atoms with Gasteiger partial charge in [-0.1, -0.05) is 234 Å². The smallest absolute Gasteiger partial charge is 0.306 e. The fraction of sp³-hybridized carbons (Fsp3) is 0.703. The van der Waals surface area contributed by atoms with E-state index in [0.29, 0.717) is 19.3 Å². The Bertz CT molecular complexity index is 1400. The molecule has 70 heavy (non-hydrogen) atoms. The first-order valence-corrected chi connectivity index (χ1v) is 29.2. The highest BCUT2D eigenvalue weighted by Crippen LogP contribution is 2.15. The van der Waals surface area contributed by atoms with Crippen molar-refractivity contribution in [2.24, 2.45) is 0 Å². The molecule has 0 spiro atoms. The fourth-order valence-electron chi connectivity index (χ4n) is 7.91. The lowest BCUT2D eigenvalue weighted by Gasteiger charge is -2.18. The van der Waals surface area contributed by atoms with Crippen LogP contribution in [0.3, 0.4) is 0 Å². The Kier molecular flexibility index (Phi) is 54.9. The van der Waals surface area contributed by atoms with Crippen LogP contribution in [0.1, 0.15) is 271 Å². The van der Waals surface area contributed by atoms with Crippen molar-refractivity contribution >= 4 is 17.9 Å². The van der Waals surface area contributed by atoms with Gasteiger partial charge < -0.3 is 14.2 Å². The number of carbonyl (C=O) groups is 3. The molecule has 0 aromatic heterocycles. The highest BCUT2D eigenvalue weighted by atomic mass is 16.6. The zero-order chi connectivity index (χ0) is 50.7. The summed E-state index contributed by atoms with van der Waals surface area (Å²) in [6, 6.07) is 0. The van der Waals surface area contributed by atoms with E-state index in [1.54, 1.807) is 0 Å². The van der Waals surface area contributed by atoms with Crippen molar-refractivity contribution in [3.63, 3.8) is 0 Å². The van der Waals surface area contributed by atoms with Crippen molar-refractivity contribution in [1.82, 2.24) is 0 Å². The summed E-state index contributed by atoms with van der Waals surface area (Å²) in [4.78, 5) is 38.1. The molecular weight excluding hydrogens is 865 g/mol. The van der Waals surface area contributed by atoms with Crippen molar-refractivity contribution in [2.75, 3.05) is 13.2 Å². The predicted octanol–water partition coefficient (Wildman–Crippen LogP) is 19.7. The van der Waals surface area contributed by atoms with E-state index >= 15 is 0 Å². The second kappa shape index (κ2) is 57.9. The molecule has 1 atom stereocenters. The molecule has 0 heterocycles. The standard InChI is InChI=1S/C64H108O6/c1-4-7-10-13-16-19-22-24-26-28-30-31-32-33-35-36-38-40-42-45-48-51-54-57-63(66)69-60-61(59-68-62(65)56-53-50-47-44-21-18-15-12-9-6-3)70-64(67)58-55-52-49-46-43-41-39-37-34-29-27-25-23-20-17-14-11-8-5-2/h7,10,12,15-16,19,24-27,30-31,33,35,38,40,61H,4-6,8-9,11,13-14,17-18,20-23,28-29,32,34,36-37,39,41-60H2,1-3H3/b10-7-,15-12-,19-16-,26-24-,27-25-,31-30-,35-33-,40-38-. The lowest BCUT2D eigenvalue weighted by Crippen LogP contribution is -2.30. The van der Waals surface area contributed by atoms with Gasteiger partial charge in [-0.2, -0.15) is 0 Å². The maximum absolute atomic E-state index is 12.9. The van der Waals surface area contributed by atoms with Gasteiger partial charge in [0.15, 0.2) is 6.10 Å². The Morgan fingerprint density at radius 3 is 0.943 bits per heavy atom. The first-order valence-electron chi connectivity index (χ1n) is 29.2. The highest BCUT2D eigenvalue weighted by molar-refractivity contribution is 5.71. The van der Waals surface area contributed by atoms with Gasteiger partial charge in [0, 0.05) is 19.3 Å². The van der Waals surface area contributed by atoms with Crippen LogP contribution in [0, 0.1) is 0 Å². The zero-order valence-corrected chi connectivity index (χ0v) is 45.8. The molecule has 0 amide bonds. The summed E-state index contributed by atoms with van der Waals surface area (Å²) < 4.78 is 16.8. The van der Waals surface area contributed by atoms with Crippen molar-refractivity contribution in [2.45, 2.75) is 277 Å². The van der Waals surface area contributed by atoms with Gasteiger partial charge in [0.25, 0.3) is 0 Å². The molecule has 0 bridgehead atoms. The zero-order valence-electron chi connectivity index (χ0n) is 45.8. The largest absolute Gasteiger partial charge is 0.462 e. The van der Waals surface area contributed by atoms with Crippen LogP contribution in [0.5, 0.6) is 0 Å². The molecule has 1 unspecified atom stereocenters. The number of allylic oxidation sites excluding steroid dienone is 16. The Morgan fingerprint density at radius 2 is 0.586 bits per heavy atom. The summed E-state index contributed by atoms with van der Waals surface area (Å²) in [5.74, 6) is -0.926. The van der Waals surface area contributed by atoms with Crippen molar-refractivity contribution < 1.29 is 28.6 Å². The molecule has 6 heteroatoms. The van der Waals surface area contributed by atoms with Gasteiger partial charge >= 0.3 is 17.9 Å². The van der Waals surface area contributed by atoms with Gasteiger partial charge in [-0.15, -0.1) is 0 Å². The predicted molar refractivity (Wildman–Crippen MR) is 302 cm³/mol. The Morgan fingerprint density at radius 1 is 0.300 bits per heavy atom. The molecule has 400 valence electrons. The molecule has 0 fully saturated rings. The van der Waals surface area contributed by atoms with Gasteiger partial charge in [0.2, 0.25) is 0 Å². The van der Waals surface area contributed by atoms with Crippen LogP contribution in [0.4, 0.5) is 0 Å². The van der Waals surface area contributed by atoms with Gasteiger partial charge in [0.1, 0.15) is 13.2 Å². The van der Waals surface area contributed by atoms with Crippen LogP contribution in [0.25, 0.3) is 0 Å². The molecule has 0 aromatic rings. The molecule has 6 nitrogen and oxygen atoms in total. The fourth-order valence-corrected chi connectivity index (χ4v) is 7.91. The second-order valence-electron chi connectivity index (χ2n) is 19.2. The first kappa shape index (κ1) is 66.3. The second-order valence-corrected chi connectivity index (χ2v) is 19.2. The normalized spacial score (nSPS) is 12.8. The van der Waals surface area contributed by atoms with Crippen molar-refractivity contribution in [1.29, 1.82) is 0 Å². The SMILES string of the molecule is CC/C=C\C/C=C\C/C=C\C/C=C\C/C=C\C/C=C\CCCCCCC(=O)OCC(COC(=O)CCCCCCC/C=C\CCC)OC(=O)CCCCCCCCCCC/C=C\CCCCCCCC. The van der Waals surface area contributed by atoms with Crippen LogP contribution >= 0.6 is 0 Å². The number of unbranched alkanes of at least 4 members (excludes halogenated alkanes) is 25. The van der Waals surface area contributed by atoms with Crippen LogP contribution in [-0.2, 0) is 28.6 Å². The molecule has 0 N–H and O–H groups in total. The Balaban J connectivity index is 4.36. The molecule has 0 rings (SSSR count). The average Bonchev–Trinajstić information content (AvgIpc) is 3.36. The monoisotopic (exact) mass is 973 g/mol. The number of ether oxygens (including phenoxy) is 3. The summed E-state index contributed by atoms with van der Waals surface area (Å²) in [7, 11) is 0. The molecule has 0 aliphatic heterocycles. The Hall–Kier alpha value is -3.67. The maximum Gasteiger partial charge on any atom is 0.306 e. The summed E-state index contributed by atoms with van der Waals surface area (Å²) >= 11 is 0. The first-order chi connectivity index (χ1) is 34.5. The summed E-state index contributed by atoms with van der Waals surface area (Å²) in [5, 5.41) is 0. The quantitative estimate of drug-likeness (QED) is 0.0262. The van der Waals surface area contributed by atoms with Gasteiger partial charge in [-0.3, -0.25) is 14.4 Å². The topological polar surface area (TPSA) is 78.9 Å². The molecule has 0 saturated heterocycles. The van der Waals surface area contributed by atoms with Crippen LogP contribution in [-0.4, -0.2) is 37.2 Å². The number of esters is 3. The van der Waals surface area contributed by atoms with Gasteiger partial charge in [-0.25, -0.2) is 0 Å². The van der Waals surface area contributed by atoms with E-state index in [9.17, 15) is 14.4 Å². The molecule has 0 saturated carbocycles. The van der Waals surface area contributed by atoms with Gasteiger partial charge in [0.05, 0.1) is 0 Å². The average molecular weight is 974 g/mol. The minimum atomic E-state index is -0.793. The van der Waals surface area contributed by atoms with E-state index in [2.05, 4.69) is 118 Å². The van der Waals surface area contributed by atoms with E-state index in [4.69, 9.17) is 14.2 Å². The lowest BCUT2D eigenvalue weighted by atomic mass is 10.1. The van der Waals surface area contributed by atoms with Crippen molar-refractivity contribution in [3.05, 3.63) is 97.2 Å². The molecule has 0 aromatic carbocycles. The Labute approximate surface area is 432 Å². The molecule has 0 radical (unpaired) electrons. The van der Waals surface area contributed by atoms with Crippen LogP contribution in [0.15, 0.2) is 97.2 Å². The number of carbonyl (C=O) groups excluding carboxylic acids is 3. The highest BCUT2D eigenvalue weighted by Gasteiger charge is 2.19. The third kappa shape index (κ3) is 55.3.